The largest absolute Gasteiger partial charge is 0.369 e. The summed E-state index contributed by atoms with van der Waals surface area (Å²) >= 11 is 0. The third-order valence-corrected chi connectivity index (χ3v) is 2.16. The van der Waals surface area contributed by atoms with Crippen LogP contribution in [0.15, 0.2) is 24.3 Å². The van der Waals surface area contributed by atoms with Gasteiger partial charge in [0.1, 0.15) is 5.82 Å². The Morgan fingerprint density at radius 1 is 1.12 bits per heavy atom. The van der Waals surface area contributed by atoms with Crippen LogP contribution in [0.5, 0.6) is 0 Å². The molecule has 0 radical (unpaired) electrons. The van der Waals surface area contributed by atoms with Gasteiger partial charge in [-0.15, -0.1) is 0 Å². The molecule has 82 valence electrons. The van der Waals surface area contributed by atoms with Crippen molar-refractivity contribution in [2.75, 3.05) is 18.0 Å². The summed E-state index contributed by atoms with van der Waals surface area (Å²) in [5.74, 6) is -0.309. The van der Waals surface area contributed by atoms with Crippen LogP contribution in [0.1, 0.15) is 12.8 Å². The van der Waals surface area contributed by atoms with Gasteiger partial charge in [-0.25, -0.2) is 4.39 Å². The van der Waals surface area contributed by atoms with Gasteiger partial charge in [-0.1, -0.05) is 6.07 Å². The molecule has 1 aromatic carbocycles. The summed E-state index contributed by atoms with van der Waals surface area (Å²) in [7, 11) is 0. The average molecular weight is 217 g/mol. The van der Waals surface area contributed by atoms with Gasteiger partial charge in [-0.05, 0) is 18.2 Å². The maximum atomic E-state index is 13.0. The first-order valence-corrected chi connectivity index (χ1v) is 5.02. The second-order valence-electron chi connectivity index (χ2n) is 3.28. The number of anilines is 1. The van der Waals surface area contributed by atoms with E-state index in [4.69, 9.17) is 10.5 Å². The molecule has 0 aromatic heterocycles. The van der Waals surface area contributed by atoms with Crippen LogP contribution in [-0.4, -0.2) is 13.1 Å². The summed E-state index contributed by atoms with van der Waals surface area (Å²) < 4.78 is 13.0. The highest BCUT2D eigenvalue weighted by Crippen LogP contribution is 2.16. The van der Waals surface area contributed by atoms with Gasteiger partial charge < -0.3 is 4.90 Å². The van der Waals surface area contributed by atoms with Crippen molar-refractivity contribution in [3.05, 3.63) is 30.1 Å². The zero-order valence-corrected chi connectivity index (χ0v) is 8.86. The van der Waals surface area contributed by atoms with E-state index in [1.54, 1.807) is 12.1 Å². The molecule has 16 heavy (non-hydrogen) atoms. The first kappa shape index (κ1) is 12.0. The molecule has 0 aliphatic rings. The molecule has 0 saturated carbocycles. The first-order chi connectivity index (χ1) is 7.77. The van der Waals surface area contributed by atoms with E-state index in [1.807, 2.05) is 17.0 Å². The molecular weight excluding hydrogens is 205 g/mol. The van der Waals surface area contributed by atoms with Crippen LogP contribution in [0.25, 0.3) is 0 Å². The molecule has 0 heterocycles. The number of nitrogens with zero attached hydrogens (tertiary/aromatic N) is 3. The SMILES string of the molecule is N#CCCN(CCC#N)c1cccc(F)c1. The van der Waals surface area contributed by atoms with Gasteiger partial charge in [0.05, 0.1) is 25.0 Å². The number of halogens is 1. The normalized spacial score (nSPS) is 9.19. The Morgan fingerprint density at radius 2 is 1.75 bits per heavy atom. The molecule has 0 spiro atoms. The Labute approximate surface area is 94.3 Å². The summed E-state index contributed by atoms with van der Waals surface area (Å²) in [6.07, 6.45) is 0.726. The monoisotopic (exact) mass is 217 g/mol. The van der Waals surface area contributed by atoms with Crippen LogP contribution in [0.3, 0.4) is 0 Å². The summed E-state index contributed by atoms with van der Waals surface area (Å²) in [6.45, 7) is 1.03. The lowest BCUT2D eigenvalue weighted by molar-refractivity contribution is 0.626. The minimum absolute atomic E-state index is 0.309. The van der Waals surface area contributed by atoms with E-state index in [2.05, 4.69) is 0 Å². The molecule has 3 nitrogen and oxygen atoms in total. The third-order valence-electron chi connectivity index (χ3n) is 2.16. The molecule has 0 fully saturated rings. The van der Waals surface area contributed by atoms with Gasteiger partial charge in [0.25, 0.3) is 0 Å². The predicted molar refractivity (Wildman–Crippen MR) is 59.1 cm³/mol. The fraction of sp³-hybridized carbons (Fsp3) is 0.333. The highest BCUT2D eigenvalue weighted by atomic mass is 19.1. The highest BCUT2D eigenvalue weighted by molar-refractivity contribution is 5.46. The lowest BCUT2D eigenvalue weighted by atomic mass is 10.2. The van der Waals surface area contributed by atoms with E-state index in [0.29, 0.717) is 31.6 Å². The molecular formula is C12H12FN3. The fourth-order valence-electron chi connectivity index (χ4n) is 1.41. The number of hydrogen-bond donors (Lipinski definition) is 0. The molecule has 0 bridgehead atoms. The van der Waals surface area contributed by atoms with E-state index in [-0.39, 0.29) is 5.82 Å². The lowest BCUT2D eigenvalue weighted by Gasteiger charge is -2.22. The average Bonchev–Trinajstić information content (AvgIpc) is 2.29. The summed E-state index contributed by atoms with van der Waals surface area (Å²) in [4.78, 5) is 1.84. The Kier molecular flexibility index (Phi) is 4.82. The Hall–Kier alpha value is -2.07. The Bertz CT molecular complexity index is 399. The van der Waals surface area contributed by atoms with Crippen LogP contribution < -0.4 is 4.90 Å². The quantitative estimate of drug-likeness (QED) is 0.761. The van der Waals surface area contributed by atoms with Crippen molar-refractivity contribution in [2.24, 2.45) is 0 Å². The van der Waals surface area contributed by atoms with E-state index >= 15 is 0 Å². The van der Waals surface area contributed by atoms with Crippen molar-refractivity contribution in [1.29, 1.82) is 10.5 Å². The molecule has 0 unspecified atom stereocenters. The van der Waals surface area contributed by atoms with Crippen LogP contribution in [0.2, 0.25) is 0 Å². The second kappa shape index (κ2) is 6.42. The molecule has 0 atom stereocenters. The Morgan fingerprint density at radius 3 is 2.25 bits per heavy atom. The zero-order chi connectivity index (χ0) is 11.8. The van der Waals surface area contributed by atoms with Gasteiger partial charge >= 0.3 is 0 Å². The van der Waals surface area contributed by atoms with E-state index < -0.39 is 0 Å². The molecule has 0 amide bonds. The predicted octanol–water partition coefficient (Wildman–Crippen LogP) is 2.46. The smallest absolute Gasteiger partial charge is 0.125 e. The first-order valence-electron chi connectivity index (χ1n) is 5.02. The van der Waals surface area contributed by atoms with Gasteiger partial charge in [0, 0.05) is 18.8 Å². The molecule has 0 saturated heterocycles. The molecule has 0 N–H and O–H groups in total. The standard InChI is InChI=1S/C12H12FN3/c13-11-4-1-5-12(10-11)16(8-2-6-14)9-3-7-15/h1,4-5,10H,2-3,8-9H2. The summed E-state index contributed by atoms with van der Waals surface area (Å²) in [5, 5.41) is 17.1. The zero-order valence-electron chi connectivity index (χ0n) is 8.86. The van der Waals surface area contributed by atoms with Crippen LogP contribution in [0.4, 0.5) is 10.1 Å². The maximum Gasteiger partial charge on any atom is 0.125 e. The fourth-order valence-corrected chi connectivity index (χ4v) is 1.41. The molecule has 1 rings (SSSR count). The summed E-state index contributed by atoms with van der Waals surface area (Å²) in [6, 6.07) is 10.3. The van der Waals surface area contributed by atoms with Crippen LogP contribution >= 0.6 is 0 Å². The lowest BCUT2D eigenvalue weighted by Crippen LogP contribution is -2.25. The minimum Gasteiger partial charge on any atom is -0.369 e. The molecule has 1 aromatic rings. The van der Waals surface area contributed by atoms with E-state index in [1.165, 1.54) is 12.1 Å². The number of hydrogen-bond acceptors (Lipinski definition) is 3. The number of benzene rings is 1. The topological polar surface area (TPSA) is 50.8 Å². The van der Waals surface area contributed by atoms with Crippen LogP contribution in [0, 0.1) is 28.5 Å². The van der Waals surface area contributed by atoms with Gasteiger partial charge in [0.15, 0.2) is 0 Å². The number of nitriles is 2. The number of rotatable bonds is 5. The van der Waals surface area contributed by atoms with E-state index in [0.717, 1.165) is 0 Å². The van der Waals surface area contributed by atoms with E-state index in [9.17, 15) is 4.39 Å². The molecule has 0 aliphatic heterocycles. The van der Waals surface area contributed by atoms with Crippen LogP contribution in [-0.2, 0) is 0 Å². The summed E-state index contributed by atoms with van der Waals surface area (Å²) in [5.41, 5.74) is 0.713. The van der Waals surface area contributed by atoms with Crippen molar-refractivity contribution in [1.82, 2.24) is 0 Å². The molecule has 0 aliphatic carbocycles. The highest BCUT2D eigenvalue weighted by Gasteiger charge is 2.06. The minimum atomic E-state index is -0.309. The van der Waals surface area contributed by atoms with Gasteiger partial charge in [-0.3, -0.25) is 0 Å². The molecule has 4 heteroatoms. The van der Waals surface area contributed by atoms with Crippen molar-refractivity contribution in [2.45, 2.75) is 12.8 Å². The van der Waals surface area contributed by atoms with Crippen molar-refractivity contribution >= 4 is 5.69 Å². The van der Waals surface area contributed by atoms with Crippen molar-refractivity contribution < 1.29 is 4.39 Å². The maximum absolute atomic E-state index is 13.0. The van der Waals surface area contributed by atoms with Crippen molar-refractivity contribution in [3.8, 4) is 12.1 Å². The second-order valence-corrected chi connectivity index (χ2v) is 3.28. The third kappa shape index (κ3) is 3.59. The Balaban J connectivity index is 2.75. The van der Waals surface area contributed by atoms with Crippen molar-refractivity contribution in [3.63, 3.8) is 0 Å². The van der Waals surface area contributed by atoms with Gasteiger partial charge in [0.2, 0.25) is 0 Å². The van der Waals surface area contributed by atoms with Gasteiger partial charge in [-0.2, -0.15) is 10.5 Å².